The molecule has 0 heterocycles. The number of hydrogen-bond donors (Lipinski definition) is 3. The van der Waals surface area contributed by atoms with Gasteiger partial charge >= 0.3 is 0 Å². The van der Waals surface area contributed by atoms with Crippen LogP contribution < -0.4 is 20.9 Å². The molecule has 0 aliphatic rings. The summed E-state index contributed by atoms with van der Waals surface area (Å²) in [6.45, 7) is 8.18. The van der Waals surface area contributed by atoms with E-state index in [1.165, 1.54) is 0 Å². The fourth-order valence-corrected chi connectivity index (χ4v) is 2.61. The minimum absolute atomic E-state index is 0.0274. The summed E-state index contributed by atoms with van der Waals surface area (Å²) >= 11 is 8.40. The van der Waals surface area contributed by atoms with Crippen molar-refractivity contribution in [1.29, 1.82) is 0 Å². The largest absolute Gasteiger partial charge is 0.483 e. The Kier molecular flexibility index (Phi) is 9.01. The zero-order chi connectivity index (χ0) is 19.7. The summed E-state index contributed by atoms with van der Waals surface area (Å²) in [6.07, 6.45) is 2.11. The van der Waals surface area contributed by atoms with Crippen LogP contribution in [0.5, 0.6) is 5.75 Å². The Hall–Kier alpha value is -1.67. The van der Waals surface area contributed by atoms with E-state index < -0.39 is 5.91 Å². The fraction of sp³-hybridized carbons (Fsp3) is 0.500. The van der Waals surface area contributed by atoms with Gasteiger partial charge in [0.25, 0.3) is 5.91 Å². The lowest BCUT2D eigenvalue weighted by atomic mass is 9.87. The molecule has 1 aromatic rings. The van der Waals surface area contributed by atoms with E-state index in [2.05, 4.69) is 52.9 Å². The minimum Gasteiger partial charge on any atom is -0.483 e. The standard InChI is InChI=1S/C18H26BrN3O3S/c1-5-6-7-15(23)20-17(26)22-21-16(24)11-25-14-9-8-12(10-13(14)19)18(2,3)4/h8-10H,5-7,11H2,1-4H3,(H,21,24)(H2,20,22,23,26). The van der Waals surface area contributed by atoms with Crippen molar-refractivity contribution in [3.05, 3.63) is 28.2 Å². The lowest BCUT2D eigenvalue weighted by Crippen LogP contribution is -2.49. The number of unbranched alkanes of at least 4 members (excludes halogenated alkanes) is 1. The SMILES string of the molecule is CCCCC(=O)NC(=S)NNC(=O)COc1ccc(C(C)(C)C)cc1Br. The summed E-state index contributed by atoms with van der Waals surface area (Å²) in [6, 6.07) is 5.77. The van der Waals surface area contributed by atoms with Crippen molar-refractivity contribution in [2.24, 2.45) is 0 Å². The number of benzene rings is 1. The molecule has 0 bridgehead atoms. The van der Waals surface area contributed by atoms with Gasteiger partial charge in [0.2, 0.25) is 5.91 Å². The molecule has 6 nitrogen and oxygen atoms in total. The zero-order valence-electron chi connectivity index (χ0n) is 15.6. The lowest BCUT2D eigenvalue weighted by molar-refractivity contribution is -0.124. The van der Waals surface area contributed by atoms with Crippen molar-refractivity contribution < 1.29 is 14.3 Å². The minimum atomic E-state index is -0.415. The highest BCUT2D eigenvalue weighted by Crippen LogP contribution is 2.31. The van der Waals surface area contributed by atoms with E-state index in [0.717, 1.165) is 22.9 Å². The number of amides is 2. The summed E-state index contributed by atoms with van der Waals surface area (Å²) < 4.78 is 6.29. The van der Waals surface area contributed by atoms with E-state index in [1.807, 2.05) is 25.1 Å². The van der Waals surface area contributed by atoms with Crippen LogP contribution in [0, 0.1) is 0 Å². The summed E-state index contributed by atoms with van der Waals surface area (Å²) in [5, 5.41) is 2.54. The van der Waals surface area contributed by atoms with Gasteiger partial charge in [0, 0.05) is 6.42 Å². The monoisotopic (exact) mass is 443 g/mol. The number of thiocarbonyl (C=S) groups is 1. The fourth-order valence-electron chi connectivity index (χ4n) is 1.95. The van der Waals surface area contributed by atoms with Crippen molar-refractivity contribution in [1.82, 2.24) is 16.2 Å². The first-order chi connectivity index (χ1) is 12.1. The maximum Gasteiger partial charge on any atom is 0.276 e. The second-order valence-corrected chi connectivity index (χ2v) is 8.10. The molecule has 0 atom stereocenters. The molecule has 0 aliphatic heterocycles. The third-order valence-corrected chi connectivity index (χ3v) is 4.31. The van der Waals surface area contributed by atoms with Crippen LogP contribution in [0.4, 0.5) is 0 Å². The molecule has 0 aromatic heterocycles. The van der Waals surface area contributed by atoms with E-state index in [0.29, 0.717) is 12.2 Å². The number of nitrogens with one attached hydrogen (secondary N) is 3. The maximum absolute atomic E-state index is 11.8. The van der Waals surface area contributed by atoms with Gasteiger partial charge in [-0.15, -0.1) is 0 Å². The van der Waals surface area contributed by atoms with Crippen LogP contribution in [0.1, 0.15) is 52.5 Å². The number of carbonyl (C=O) groups excluding carboxylic acids is 2. The molecule has 144 valence electrons. The highest BCUT2D eigenvalue weighted by molar-refractivity contribution is 9.10. The van der Waals surface area contributed by atoms with Gasteiger partial charge in [0.1, 0.15) is 5.75 Å². The Morgan fingerprint density at radius 1 is 1.19 bits per heavy atom. The molecule has 8 heteroatoms. The normalized spacial score (nSPS) is 10.8. The number of carbonyl (C=O) groups is 2. The Bertz CT molecular complexity index is 660. The van der Waals surface area contributed by atoms with Crippen LogP contribution in [0.2, 0.25) is 0 Å². The Balaban J connectivity index is 2.40. The highest BCUT2D eigenvalue weighted by atomic mass is 79.9. The number of hydrogen-bond acceptors (Lipinski definition) is 4. The summed E-state index contributed by atoms with van der Waals surface area (Å²) in [7, 11) is 0. The van der Waals surface area contributed by atoms with E-state index in [9.17, 15) is 9.59 Å². The molecule has 26 heavy (non-hydrogen) atoms. The molecule has 2 amide bonds. The molecule has 0 aliphatic carbocycles. The predicted molar refractivity (Wildman–Crippen MR) is 110 cm³/mol. The average molecular weight is 444 g/mol. The molecule has 1 aromatic carbocycles. The van der Waals surface area contributed by atoms with E-state index in [1.54, 1.807) is 0 Å². The van der Waals surface area contributed by atoms with Crippen LogP contribution in [-0.2, 0) is 15.0 Å². The van der Waals surface area contributed by atoms with E-state index >= 15 is 0 Å². The smallest absolute Gasteiger partial charge is 0.276 e. The van der Waals surface area contributed by atoms with Gasteiger partial charge in [-0.2, -0.15) is 0 Å². The third-order valence-electron chi connectivity index (χ3n) is 3.48. The topological polar surface area (TPSA) is 79.5 Å². The molecule has 0 fully saturated rings. The number of halogens is 1. The van der Waals surface area contributed by atoms with Crippen molar-refractivity contribution in [2.45, 2.75) is 52.4 Å². The van der Waals surface area contributed by atoms with Crippen molar-refractivity contribution in [3.8, 4) is 5.75 Å². The summed E-state index contributed by atoms with van der Waals surface area (Å²) in [5.74, 6) is -0.0248. The average Bonchev–Trinajstić information content (AvgIpc) is 2.56. The molecule has 1 rings (SSSR count). The second kappa shape index (κ2) is 10.5. The first-order valence-corrected chi connectivity index (χ1v) is 9.65. The lowest BCUT2D eigenvalue weighted by Gasteiger charge is -2.20. The van der Waals surface area contributed by atoms with Crippen LogP contribution >= 0.6 is 28.1 Å². The van der Waals surface area contributed by atoms with Gasteiger partial charge in [0.05, 0.1) is 4.47 Å². The van der Waals surface area contributed by atoms with Gasteiger partial charge in [-0.25, -0.2) is 0 Å². The van der Waals surface area contributed by atoms with Crippen molar-refractivity contribution in [2.75, 3.05) is 6.61 Å². The third kappa shape index (κ3) is 8.14. The molecule has 0 spiro atoms. The van der Waals surface area contributed by atoms with Crippen molar-refractivity contribution in [3.63, 3.8) is 0 Å². The molecule has 0 saturated carbocycles. The molecule has 0 radical (unpaired) electrons. The van der Waals surface area contributed by atoms with Crippen LogP contribution in [0.3, 0.4) is 0 Å². The predicted octanol–water partition coefficient (Wildman–Crippen LogP) is 3.34. The first-order valence-electron chi connectivity index (χ1n) is 8.45. The molecule has 3 N–H and O–H groups in total. The first kappa shape index (κ1) is 22.4. The number of hydrazine groups is 1. The summed E-state index contributed by atoms with van der Waals surface area (Å²) in [5.41, 5.74) is 6.05. The number of rotatable bonds is 6. The Morgan fingerprint density at radius 2 is 1.88 bits per heavy atom. The number of ether oxygens (including phenoxy) is 1. The zero-order valence-corrected chi connectivity index (χ0v) is 18.0. The van der Waals surface area contributed by atoms with E-state index in [-0.39, 0.29) is 23.0 Å². The highest BCUT2D eigenvalue weighted by Gasteiger charge is 2.15. The van der Waals surface area contributed by atoms with Gasteiger partial charge in [0.15, 0.2) is 11.7 Å². The van der Waals surface area contributed by atoms with Crippen LogP contribution in [0.25, 0.3) is 0 Å². The van der Waals surface area contributed by atoms with Gasteiger partial charge in [-0.3, -0.25) is 20.4 Å². The van der Waals surface area contributed by atoms with Gasteiger partial charge < -0.3 is 10.1 Å². The van der Waals surface area contributed by atoms with Gasteiger partial charge in [-0.1, -0.05) is 40.2 Å². The molecular weight excluding hydrogens is 418 g/mol. The van der Waals surface area contributed by atoms with Crippen LogP contribution in [0.15, 0.2) is 22.7 Å². The maximum atomic E-state index is 11.8. The van der Waals surface area contributed by atoms with Crippen LogP contribution in [-0.4, -0.2) is 23.5 Å². The molecule has 0 saturated heterocycles. The Morgan fingerprint density at radius 3 is 2.46 bits per heavy atom. The summed E-state index contributed by atoms with van der Waals surface area (Å²) in [4.78, 5) is 23.4. The molecular formula is C18H26BrN3O3S. The second-order valence-electron chi connectivity index (χ2n) is 6.84. The van der Waals surface area contributed by atoms with Crippen molar-refractivity contribution >= 4 is 45.1 Å². The quantitative estimate of drug-likeness (QED) is 0.464. The van der Waals surface area contributed by atoms with E-state index in [4.69, 9.17) is 17.0 Å². The Labute approximate surface area is 168 Å². The molecule has 0 unspecified atom stereocenters. The van der Waals surface area contributed by atoms with Gasteiger partial charge in [-0.05, 0) is 57.7 Å².